The summed E-state index contributed by atoms with van der Waals surface area (Å²) >= 11 is 0. The van der Waals surface area contributed by atoms with Crippen molar-refractivity contribution in [3.8, 4) is 0 Å². The fourth-order valence-corrected chi connectivity index (χ4v) is 1.34. The predicted molar refractivity (Wildman–Crippen MR) is 53.8 cm³/mol. The molecule has 0 fully saturated rings. The molecule has 0 spiro atoms. The summed E-state index contributed by atoms with van der Waals surface area (Å²) in [6.07, 6.45) is 10.9. The van der Waals surface area contributed by atoms with Crippen LogP contribution in [0, 0.1) is 0 Å². The van der Waals surface area contributed by atoms with E-state index in [1.54, 1.807) is 6.08 Å². The van der Waals surface area contributed by atoms with Crippen molar-refractivity contribution in [3.63, 3.8) is 0 Å². The Morgan fingerprint density at radius 1 is 1.67 bits per heavy atom. The van der Waals surface area contributed by atoms with E-state index in [1.165, 1.54) is 5.57 Å². The van der Waals surface area contributed by atoms with Crippen LogP contribution in [0.4, 0.5) is 0 Å². The fraction of sp³-hybridized carbons (Fsp3) is 0.273. The predicted octanol–water partition coefficient (Wildman–Crippen LogP) is 2.33. The normalized spacial score (nSPS) is 25.7. The summed E-state index contributed by atoms with van der Waals surface area (Å²) in [5.74, 6) is 0. The zero-order chi connectivity index (χ0) is 8.97. The van der Waals surface area contributed by atoms with Crippen LogP contribution in [0.2, 0.25) is 0 Å². The Hall–Kier alpha value is -1.08. The van der Waals surface area contributed by atoms with Gasteiger partial charge in [0.25, 0.3) is 0 Å². The van der Waals surface area contributed by atoms with Gasteiger partial charge in [0, 0.05) is 0 Å². The molecule has 2 N–H and O–H groups in total. The van der Waals surface area contributed by atoms with E-state index in [9.17, 15) is 0 Å². The quantitative estimate of drug-likeness (QED) is 0.661. The molecular formula is C11H15N. The number of hydrogen-bond acceptors (Lipinski definition) is 1. The highest BCUT2D eigenvalue weighted by atomic mass is 14.6. The molecule has 0 saturated carbocycles. The molecule has 0 aromatic rings. The molecule has 12 heavy (non-hydrogen) atoms. The first-order valence-corrected chi connectivity index (χ1v) is 4.25. The Labute approximate surface area is 74.0 Å². The van der Waals surface area contributed by atoms with Crippen LogP contribution in [0.3, 0.4) is 0 Å². The average molecular weight is 161 g/mol. The van der Waals surface area contributed by atoms with Crippen molar-refractivity contribution < 1.29 is 0 Å². The molecule has 0 aromatic heterocycles. The summed E-state index contributed by atoms with van der Waals surface area (Å²) in [5.41, 5.74) is 8.41. The fourth-order valence-electron chi connectivity index (χ4n) is 1.34. The monoisotopic (exact) mass is 161 g/mol. The van der Waals surface area contributed by atoms with Crippen LogP contribution in [-0.4, -0.2) is 6.04 Å². The van der Waals surface area contributed by atoms with Crippen LogP contribution in [0.25, 0.3) is 0 Å². The number of allylic oxidation sites excluding steroid dienone is 4. The minimum Gasteiger partial charge on any atom is -0.321 e. The van der Waals surface area contributed by atoms with E-state index in [0.717, 1.165) is 12.0 Å². The Kier molecular flexibility index (Phi) is 3.06. The van der Waals surface area contributed by atoms with Crippen molar-refractivity contribution in [1.29, 1.82) is 0 Å². The molecular weight excluding hydrogens is 146 g/mol. The van der Waals surface area contributed by atoms with E-state index in [-0.39, 0.29) is 6.04 Å². The maximum Gasteiger partial charge on any atom is 0.0513 e. The van der Waals surface area contributed by atoms with Crippen molar-refractivity contribution in [2.75, 3.05) is 0 Å². The third kappa shape index (κ3) is 1.74. The molecule has 1 aliphatic carbocycles. The van der Waals surface area contributed by atoms with Crippen LogP contribution in [-0.2, 0) is 0 Å². The van der Waals surface area contributed by atoms with Gasteiger partial charge in [-0.3, -0.25) is 0 Å². The molecule has 1 rings (SSSR count). The summed E-state index contributed by atoms with van der Waals surface area (Å²) in [5, 5.41) is 0. The lowest BCUT2D eigenvalue weighted by atomic mass is 9.93. The zero-order valence-electron chi connectivity index (χ0n) is 7.46. The van der Waals surface area contributed by atoms with Gasteiger partial charge in [-0.25, -0.2) is 0 Å². The lowest BCUT2D eigenvalue weighted by molar-refractivity contribution is 0.846. The van der Waals surface area contributed by atoms with Crippen LogP contribution < -0.4 is 5.73 Å². The lowest BCUT2D eigenvalue weighted by Gasteiger charge is -2.18. The molecule has 1 atom stereocenters. The third-order valence-electron chi connectivity index (χ3n) is 2.08. The van der Waals surface area contributed by atoms with Gasteiger partial charge in [-0.05, 0) is 17.6 Å². The standard InChI is InChI=1S/C11H15N/c1-3-6-10-8-5-7-9(4-2)11(10)12/h3,5-8,11H,1,4,12H2,2H3/b10-6-. The molecule has 1 heteroatoms. The molecule has 1 aliphatic rings. The molecule has 0 heterocycles. The largest absolute Gasteiger partial charge is 0.321 e. The summed E-state index contributed by atoms with van der Waals surface area (Å²) in [4.78, 5) is 0. The molecule has 1 nitrogen and oxygen atoms in total. The van der Waals surface area contributed by atoms with Crippen molar-refractivity contribution in [2.24, 2.45) is 5.73 Å². The van der Waals surface area contributed by atoms with Crippen molar-refractivity contribution in [3.05, 3.63) is 48.1 Å². The van der Waals surface area contributed by atoms with Crippen molar-refractivity contribution in [2.45, 2.75) is 19.4 Å². The summed E-state index contributed by atoms with van der Waals surface area (Å²) in [7, 11) is 0. The molecule has 64 valence electrons. The average Bonchev–Trinajstić information content (AvgIpc) is 2.09. The van der Waals surface area contributed by atoms with E-state index >= 15 is 0 Å². The van der Waals surface area contributed by atoms with E-state index in [1.807, 2.05) is 18.2 Å². The molecule has 0 aliphatic heterocycles. The Bertz CT molecular complexity index is 256. The zero-order valence-corrected chi connectivity index (χ0v) is 7.46. The Balaban J connectivity index is 2.87. The van der Waals surface area contributed by atoms with E-state index in [0.29, 0.717) is 0 Å². The maximum absolute atomic E-state index is 5.98. The summed E-state index contributed by atoms with van der Waals surface area (Å²) in [6.45, 7) is 5.78. The second-order valence-electron chi connectivity index (χ2n) is 2.83. The third-order valence-corrected chi connectivity index (χ3v) is 2.08. The summed E-state index contributed by atoms with van der Waals surface area (Å²) in [6, 6.07) is 0.0676. The van der Waals surface area contributed by atoms with E-state index in [2.05, 4.69) is 19.6 Å². The molecule has 0 aromatic carbocycles. The molecule has 0 bridgehead atoms. The van der Waals surface area contributed by atoms with Crippen LogP contribution >= 0.6 is 0 Å². The smallest absolute Gasteiger partial charge is 0.0513 e. The summed E-state index contributed by atoms with van der Waals surface area (Å²) < 4.78 is 0. The van der Waals surface area contributed by atoms with Gasteiger partial charge in [0.15, 0.2) is 0 Å². The molecule has 1 unspecified atom stereocenters. The van der Waals surface area contributed by atoms with Crippen LogP contribution in [0.1, 0.15) is 13.3 Å². The van der Waals surface area contributed by atoms with Gasteiger partial charge in [-0.15, -0.1) is 0 Å². The van der Waals surface area contributed by atoms with Crippen LogP contribution in [0.5, 0.6) is 0 Å². The Morgan fingerprint density at radius 3 is 3.00 bits per heavy atom. The van der Waals surface area contributed by atoms with Gasteiger partial charge in [0.2, 0.25) is 0 Å². The SMILES string of the molecule is C=C/C=C1/C=CC=C(CC)C1N. The van der Waals surface area contributed by atoms with E-state index < -0.39 is 0 Å². The minimum atomic E-state index is 0.0676. The first-order chi connectivity index (χ1) is 5.79. The highest BCUT2D eigenvalue weighted by Crippen LogP contribution is 2.18. The van der Waals surface area contributed by atoms with Gasteiger partial charge >= 0.3 is 0 Å². The second-order valence-corrected chi connectivity index (χ2v) is 2.83. The lowest BCUT2D eigenvalue weighted by Crippen LogP contribution is -2.25. The highest BCUT2D eigenvalue weighted by Gasteiger charge is 2.12. The first-order valence-electron chi connectivity index (χ1n) is 4.25. The molecule has 0 saturated heterocycles. The van der Waals surface area contributed by atoms with Gasteiger partial charge < -0.3 is 5.73 Å². The highest BCUT2D eigenvalue weighted by molar-refractivity contribution is 5.42. The van der Waals surface area contributed by atoms with Crippen LogP contribution in [0.15, 0.2) is 48.1 Å². The van der Waals surface area contributed by atoms with Gasteiger partial charge in [-0.2, -0.15) is 0 Å². The molecule has 0 radical (unpaired) electrons. The van der Waals surface area contributed by atoms with Gasteiger partial charge in [0.1, 0.15) is 0 Å². The second kappa shape index (κ2) is 4.07. The molecule has 0 amide bonds. The van der Waals surface area contributed by atoms with E-state index in [4.69, 9.17) is 5.73 Å². The van der Waals surface area contributed by atoms with Gasteiger partial charge in [0.05, 0.1) is 6.04 Å². The Morgan fingerprint density at radius 2 is 2.42 bits per heavy atom. The number of nitrogens with two attached hydrogens (primary N) is 1. The van der Waals surface area contributed by atoms with Crippen molar-refractivity contribution in [1.82, 2.24) is 0 Å². The van der Waals surface area contributed by atoms with Crippen molar-refractivity contribution >= 4 is 0 Å². The van der Waals surface area contributed by atoms with Gasteiger partial charge in [-0.1, -0.05) is 43.9 Å². The maximum atomic E-state index is 5.98. The first kappa shape index (κ1) is 9.01. The minimum absolute atomic E-state index is 0.0676. The number of rotatable bonds is 2. The number of hydrogen-bond donors (Lipinski definition) is 1. The topological polar surface area (TPSA) is 26.0 Å².